The van der Waals surface area contributed by atoms with Gasteiger partial charge in [-0.1, -0.05) is 36.4 Å². The van der Waals surface area contributed by atoms with Crippen molar-refractivity contribution in [2.24, 2.45) is 5.73 Å². The van der Waals surface area contributed by atoms with Crippen LogP contribution < -0.4 is 15.4 Å². The Bertz CT molecular complexity index is 1460. The summed E-state index contributed by atoms with van der Waals surface area (Å²) in [5.41, 5.74) is 7.93. The third-order valence-corrected chi connectivity index (χ3v) is 5.64. The van der Waals surface area contributed by atoms with Crippen molar-refractivity contribution >= 4 is 17.6 Å². The number of hydrogen-bond donors (Lipinski definition) is 1. The summed E-state index contributed by atoms with van der Waals surface area (Å²) in [5.74, 6) is -2.01. The number of nitrogens with zero attached hydrogens (tertiary/aromatic N) is 4. The van der Waals surface area contributed by atoms with Crippen LogP contribution in [0.2, 0.25) is 0 Å². The van der Waals surface area contributed by atoms with Gasteiger partial charge in [-0.3, -0.25) is 9.88 Å². The van der Waals surface area contributed by atoms with Gasteiger partial charge in [-0.25, -0.2) is 14.6 Å². The molecule has 0 amide bonds. The summed E-state index contributed by atoms with van der Waals surface area (Å²) in [6.07, 6.45) is 3.05. The molecule has 1 unspecified atom stereocenters. The minimum atomic E-state index is -0.953. The van der Waals surface area contributed by atoms with Gasteiger partial charge in [0.2, 0.25) is 5.88 Å². The first kappa shape index (κ1) is 24.9. The van der Waals surface area contributed by atoms with Crippen LogP contribution in [0.25, 0.3) is 0 Å². The summed E-state index contributed by atoms with van der Waals surface area (Å²) >= 11 is 0. The topological polar surface area (TPSA) is 141 Å². The van der Waals surface area contributed by atoms with Crippen molar-refractivity contribution in [2.75, 3.05) is 19.1 Å². The molecular weight excluding hydrogens is 474 g/mol. The Hall–Kier alpha value is -5.17. The first-order valence-electron chi connectivity index (χ1n) is 11.1. The number of carbonyl (C=O) groups excluding carboxylic acids is 2. The maximum absolute atomic E-state index is 13.2. The number of nitriles is 1. The second-order valence-corrected chi connectivity index (χ2v) is 7.93. The molecule has 0 saturated carbocycles. The minimum absolute atomic E-state index is 0.0445. The summed E-state index contributed by atoms with van der Waals surface area (Å²) in [5, 5.41) is 10.1. The van der Waals surface area contributed by atoms with E-state index >= 15 is 0 Å². The van der Waals surface area contributed by atoms with E-state index in [2.05, 4.69) is 16.0 Å². The smallest absolute Gasteiger partial charge is 0.355 e. The zero-order chi connectivity index (χ0) is 26.5. The van der Waals surface area contributed by atoms with Gasteiger partial charge < -0.3 is 19.9 Å². The first-order valence-corrected chi connectivity index (χ1v) is 11.1. The van der Waals surface area contributed by atoms with Crippen LogP contribution in [-0.2, 0) is 19.1 Å². The van der Waals surface area contributed by atoms with Crippen molar-refractivity contribution < 1.29 is 23.8 Å². The fraction of sp³-hybridized carbons (Fsp3) is 0.148. The highest BCUT2D eigenvalue weighted by Crippen LogP contribution is 2.43. The van der Waals surface area contributed by atoms with E-state index < -0.39 is 17.9 Å². The van der Waals surface area contributed by atoms with Crippen molar-refractivity contribution in [1.29, 1.82) is 5.26 Å². The van der Waals surface area contributed by atoms with E-state index in [1.807, 2.05) is 0 Å². The maximum Gasteiger partial charge on any atom is 0.355 e. The number of aryl methyl sites for hydroxylation is 1. The van der Waals surface area contributed by atoms with Crippen molar-refractivity contribution in [3.05, 3.63) is 101 Å². The van der Waals surface area contributed by atoms with Crippen LogP contribution in [0.5, 0.6) is 11.6 Å². The fourth-order valence-electron chi connectivity index (χ4n) is 4.08. The molecule has 0 bridgehead atoms. The average Bonchev–Trinajstić information content (AvgIpc) is 2.92. The number of carbonyl (C=O) groups is 2. The number of ether oxygens (including phenoxy) is 3. The molecule has 37 heavy (non-hydrogen) atoms. The standard InChI is InChI=1S/C27H23N5O5/c1-16-14-30-15-21(31-16)37-19-11-7-10-18(12-19)32-24(27(34)36-3)23(26(33)35-2)22(20(13-28)25(32)29)17-8-5-4-6-9-17/h4-12,14-15,22H,29H2,1-3H3. The summed E-state index contributed by atoms with van der Waals surface area (Å²) in [6.45, 7) is 1.78. The van der Waals surface area contributed by atoms with E-state index in [1.165, 1.54) is 25.3 Å². The Labute approximate surface area is 213 Å². The summed E-state index contributed by atoms with van der Waals surface area (Å²) in [6, 6.07) is 17.5. The molecule has 1 aromatic heterocycles. The third kappa shape index (κ3) is 4.83. The number of hydrogen-bond acceptors (Lipinski definition) is 10. The lowest BCUT2D eigenvalue weighted by Crippen LogP contribution is -2.40. The van der Waals surface area contributed by atoms with Crippen molar-refractivity contribution in [2.45, 2.75) is 12.8 Å². The highest BCUT2D eigenvalue weighted by molar-refractivity contribution is 6.06. The number of allylic oxidation sites excluding steroid dienone is 1. The quantitative estimate of drug-likeness (QED) is 0.503. The van der Waals surface area contributed by atoms with Crippen LogP contribution in [0.3, 0.4) is 0 Å². The lowest BCUT2D eigenvalue weighted by atomic mass is 9.81. The third-order valence-electron chi connectivity index (χ3n) is 5.64. The summed E-state index contributed by atoms with van der Waals surface area (Å²) in [7, 11) is 2.39. The van der Waals surface area contributed by atoms with E-state index in [-0.39, 0.29) is 28.5 Å². The van der Waals surface area contributed by atoms with Crippen molar-refractivity contribution in [1.82, 2.24) is 9.97 Å². The number of anilines is 1. The molecule has 0 aliphatic carbocycles. The molecule has 1 atom stereocenters. The van der Waals surface area contributed by atoms with Crippen LogP contribution in [0, 0.1) is 18.3 Å². The second-order valence-electron chi connectivity index (χ2n) is 7.93. The molecule has 0 saturated heterocycles. The molecule has 186 valence electrons. The Kier molecular flexibility index (Phi) is 7.16. The second kappa shape index (κ2) is 10.6. The van der Waals surface area contributed by atoms with Gasteiger partial charge in [0.1, 0.15) is 17.3 Å². The molecule has 10 nitrogen and oxygen atoms in total. The fourth-order valence-corrected chi connectivity index (χ4v) is 4.08. The van der Waals surface area contributed by atoms with Crippen LogP contribution in [0.4, 0.5) is 5.69 Å². The molecule has 4 rings (SSSR count). The molecule has 0 spiro atoms. The van der Waals surface area contributed by atoms with E-state index in [9.17, 15) is 14.9 Å². The van der Waals surface area contributed by atoms with Crippen LogP contribution in [0.1, 0.15) is 17.2 Å². The Balaban J connectivity index is 1.93. The zero-order valence-corrected chi connectivity index (χ0v) is 20.3. The lowest BCUT2D eigenvalue weighted by molar-refractivity contribution is -0.139. The van der Waals surface area contributed by atoms with E-state index in [0.29, 0.717) is 22.7 Å². The molecule has 10 heteroatoms. The van der Waals surface area contributed by atoms with Crippen LogP contribution in [0.15, 0.2) is 89.7 Å². The number of aromatic nitrogens is 2. The average molecular weight is 498 g/mol. The van der Waals surface area contributed by atoms with E-state index in [1.54, 1.807) is 67.7 Å². The molecule has 0 fully saturated rings. The molecule has 3 aromatic rings. The molecule has 2 heterocycles. The van der Waals surface area contributed by atoms with Crippen molar-refractivity contribution in [3.8, 4) is 17.7 Å². The Morgan fingerprint density at radius 1 is 1.03 bits per heavy atom. The van der Waals surface area contributed by atoms with Gasteiger partial charge in [0.25, 0.3) is 0 Å². The SMILES string of the molecule is COC(=O)C1=C(C(=O)OC)N(c2cccc(Oc3cncc(C)n3)c2)C(N)=C(C#N)C1c1ccccc1. The Morgan fingerprint density at radius 3 is 2.41 bits per heavy atom. The normalized spacial score (nSPS) is 15.2. The highest BCUT2D eigenvalue weighted by Gasteiger charge is 2.43. The highest BCUT2D eigenvalue weighted by atomic mass is 16.5. The van der Waals surface area contributed by atoms with Gasteiger partial charge >= 0.3 is 11.9 Å². The van der Waals surface area contributed by atoms with E-state index in [0.717, 1.165) is 0 Å². The van der Waals surface area contributed by atoms with Gasteiger partial charge in [-0.05, 0) is 24.6 Å². The number of methoxy groups -OCH3 is 2. The molecule has 2 N–H and O–H groups in total. The van der Waals surface area contributed by atoms with Crippen molar-refractivity contribution in [3.63, 3.8) is 0 Å². The molecule has 1 aliphatic rings. The number of nitrogens with two attached hydrogens (primary N) is 1. The zero-order valence-electron chi connectivity index (χ0n) is 20.3. The van der Waals surface area contributed by atoms with Gasteiger partial charge in [0.05, 0.1) is 54.9 Å². The first-order chi connectivity index (χ1) is 17.9. The largest absolute Gasteiger partial charge is 0.466 e. The lowest BCUT2D eigenvalue weighted by Gasteiger charge is -2.36. The van der Waals surface area contributed by atoms with Gasteiger partial charge in [0, 0.05) is 12.3 Å². The number of benzene rings is 2. The van der Waals surface area contributed by atoms with Crippen LogP contribution in [-0.4, -0.2) is 36.1 Å². The van der Waals surface area contributed by atoms with Gasteiger partial charge in [-0.2, -0.15) is 5.26 Å². The molecular formula is C27H23N5O5. The summed E-state index contributed by atoms with van der Waals surface area (Å²) in [4.78, 5) is 36.0. The predicted octanol–water partition coefficient (Wildman–Crippen LogP) is 3.48. The molecule has 2 aromatic carbocycles. The van der Waals surface area contributed by atoms with Gasteiger partial charge in [0.15, 0.2) is 0 Å². The monoisotopic (exact) mass is 497 g/mol. The molecule has 0 radical (unpaired) electrons. The number of rotatable bonds is 6. The minimum Gasteiger partial charge on any atom is -0.466 e. The predicted molar refractivity (Wildman–Crippen MR) is 133 cm³/mol. The van der Waals surface area contributed by atoms with Gasteiger partial charge in [-0.15, -0.1) is 0 Å². The number of esters is 2. The summed E-state index contributed by atoms with van der Waals surface area (Å²) < 4.78 is 15.9. The maximum atomic E-state index is 13.2. The Morgan fingerprint density at radius 2 is 1.76 bits per heavy atom. The molecule has 1 aliphatic heterocycles. The van der Waals surface area contributed by atoms with E-state index in [4.69, 9.17) is 19.9 Å². The van der Waals surface area contributed by atoms with Crippen LogP contribution >= 0.6 is 0 Å².